The van der Waals surface area contributed by atoms with E-state index in [4.69, 9.17) is 26.1 Å². The van der Waals surface area contributed by atoms with Crippen LogP contribution in [0.4, 0.5) is 11.4 Å². The Morgan fingerprint density at radius 3 is 2.54 bits per heavy atom. The Bertz CT molecular complexity index is 1680. The Labute approximate surface area is 229 Å². The number of nitrogens with zero attached hydrogens (tertiary/aromatic N) is 5. The number of aryl methyl sites for hydroxylation is 1. The number of halogens is 1. The van der Waals surface area contributed by atoms with Crippen molar-refractivity contribution in [3.63, 3.8) is 0 Å². The molecule has 2 aliphatic heterocycles. The normalized spacial score (nSPS) is 17.6. The molecule has 4 heterocycles. The van der Waals surface area contributed by atoms with Crippen LogP contribution in [-0.4, -0.2) is 45.6 Å². The number of amides is 2. The molecule has 6 rings (SSSR count). The van der Waals surface area contributed by atoms with Crippen LogP contribution in [0, 0.1) is 6.92 Å². The van der Waals surface area contributed by atoms with E-state index in [1.807, 2.05) is 49.6 Å². The second-order valence-corrected chi connectivity index (χ2v) is 10.1. The standard InChI is InChI=1S/C28H25ClN6O4/c1-14(2)34-22-21(32-23(34)18-13-30-27(39-5)33-24(18)38-4)25(36)35(17-8-6-7-15(3)11-17)28(22)19-10-9-16(29)12-20(19)31-26(28)37/h6-14H,1-5H3,(H,31,37)/t28-/m1/s1. The first kappa shape index (κ1) is 24.9. The van der Waals surface area contributed by atoms with E-state index in [0.29, 0.717) is 39.0 Å². The lowest BCUT2D eigenvalue weighted by molar-refractivity contribution is -0.119. The second kappa shape index (κ2) is 8.81. The highest BCUT2D eigenvalue weighted by atomic mass is 35.5. The van der Waals surface area contributed by atoms with Gasteiger partial charge in [0.15, 0.2) is 11.2 Å². The van der Waals surface area contributed by atoms with Crippen LogP contribution in [0.2, 0.25) is 5.02 Å². The monoisotopic (exact) mass is 544 g/mol. The summed E-state index contributed by atoms with van der Waals surface area (Å²) in [6, 6.07) is 12.6. The number of nitrogens with one attached hydrogen (secondary N) is 1. The second-order valence-electron chi connectivity index (χ2n) is 9.71. The van der Waals surface area contributed by atoms with Crippen molar-refractivity contribution in [3.05, 3.63) is 76.2 Å². The molecule has 0 radical (unpaired) electrons. The molecular formula is C28H25ClN6O4. The van der Waals surface area contributed by atoms with Crippen LogP contribution in [0.25, 0.3) is 11.4 Å². The maximum Gasteiger partial charge on any atom is 0.319 e. The third-order valence-electron chi connectivity index (χ3n) is 7.07. The molecule has 0 unspecified atom stereocenters. The molecule has 2 aromatic carbocycles. The number of rotatable bonds is 5. The third-order valence-corrected chi connectivity index (χ3v) is 7.30. The SMILES string of the molecule is COc1ncc(-c2nc3c(n2C(C)C)[C@]2(C(=O)Nc4cc(Cl)ccc42)N(c2cccc(C)c2)C3=O)c(OC)n1. The maximum atomic E-state index is 14.3. The molecule has 0 saturated carbocycles. The predicted molar refractivity (Wildman–Crippen MR) is 146 cm³/mol. The molecule has 1 N–H and O–H groups in total. The molecule has 10 nitrogen and oxygen atoms in total. The van der Waals surface area contributed by atoms with Gasteiger partial charge in [-0.3, -0.25) is 14.5 Å². The number of methoxy groups -OCH3 is 2. The number of fused-ring (bicyclic) bond motifs is 4. The summed E-state index contributed by atoms with van der Waals surface area (Å²) in [7, 11) is 2.95. The van der Waals surface area contributed by atoms with E-state index in [1.54, 1.807) is 24.4 Å². The number of carbonyl (C=O) groups excluding carboxylic acids is 2. The van der Waals surface area contributed by atoms with Gasteiger partial charge in [0.2, 0.25) is 5.88 Å². The summed E-state index contributed by atoms with van der Waals surface area (Å²) in [5.41, 5.74) is 2.22. The van der Waals surface area contributed by atoms with Crippen LogP contribution in [0.1, 0.15) is 47.2 Å². The Balaban J connectivity index is 1.71. The Morgan fingerprint density at radius 1 is 1.05 bits per heavy atom. The van der Waals surface area contributed by atoms with Crippen molar-refractivity contribution in [2.75, 3.05) is 24.4 Å². The number of imidazole rings is 1. The highest BCUT2D eigenvalue weighted by molar-refractivity contribution is 6.31. The zero-order valence-corrected chi connectivity index (χ0v) is 22.7. The molecule has 39 heavy (non-hydrogen) atoms. The number of carbonyl (C=O) groups is 2. The quantitative estimate of drug-likeness (QED) is 0.385. The third kappa shape index (κ3) is 3.37. The van der Waals surface area contributed by atoms with E-state index >= 15 is 0 Å². The van der Waals surface area contributed by atoms with Crippen molar-refractivity contribution >= 4 is 34.8 Å². The largest absolute Gasteiger partial charge is 0.480 e. The summed E-state index contributed by atoms with van der Waals surface area (Å²) >= 11 is 6.31. The molecule has 0 fully saturated rings. The van der Waals surface area contributed by atoms with Crippen LogP contribution in [0.3, 0.4) is 0 Å². The summed E-state index contributed by atoms with van der Waals surface area (Å²) in [4.78, 5) is 43.5. The van der Waals surface area contributed by atoms with Gasteiger partial charge in [-0.15, -0.1) is 0 Å². The van der Waals surface area contributed by atoms with E-state index < -0.39 is 11.4 Å². The molecule has 11 heteroatoms. The van der Waals surface area contributed by atoms with Gasteiger partial charge in [0, 0.05) is 34.2 Å². The molecule has 0 aliphatic carbocycles. The zero-order chi connectivity index (χ0) is 27.6. The van der Waals surface area contributed by atoms with Crippen molar-refractivity contribution in [2.24, 2.45) is 0 Å². The molecule has 198 valence electrons. The number of hydrogen-bond acceptors (Lipinski definition) is 7. The predicted octanol–water partition coefficient (Wildman–Crippen LogP) is 4.76. The minimum atomic E-state index is -1.53. The minimum absolute atomic E-state index is 0.130. The first-order chi connectivity index (χ1) is 18.7. The van der Waals surface area contributed by atoms with Crippen LogP contribution < -0.4 is 19.7 Å². The molecule has 4 aromatic rings. The van der Waals surface area contributed by atoms with E-state index in [9.17, 15) is 9.59 Å². The Kier molecular flexibility index (Phi) is 5.62. The molecule has 1 spiro atoms. The summed E-state index contributed by atoms with van der Waals surface area (Å²) < 4.78 is 12.6. The van der Waals surface area contributed by atoms with Crippen molar-refractivity contribution in [1.29, 1.82) is 0 Å². The fourth-order valence-corrected chi connectivity index (χ4v) is 5.72. The van der Waals surface area contributed by atoms with Gasteiger partial charge in [0.25, 0.3) is 11.8 Å². The molecule has 2 aromatic heterocycles. The first-order valence-electron chi connectivity index (χ1n) is 12.3. The van der Waals surface area contributed by atoms with Gasteiger partial charge in [-0.1, -0.05) is 29.8 Å². The molecule has 0 saturated heterocycles. The number of ether oxygens (including phenoxy) is 2. The molecule has 2 aliphatic rings. The average molecular weight is 545 g/mol. The Morgan fingerprint density at radius 2 is 1.85 bits per heavy atom. The van der Waals surface area contributed by atoms with Gasteiger partial charge < -0.3 is 19.4 Å². The smallest absolute Gasteiger partial charge is 0.319 e. The first-order valence-corrected chi connectivity index (χ1v) is 12.7. The van der Waals surface area contributed by atoms with Crippen molar-refractivity contribution in [2.45, 2.75) is 32.4 Å². The zero-order valence-electron chi connectivity index (χ0n) is 21.9. The molecule has 2 amide bonds. The van der Waals surface area contributed by atoms with Crippen LogP contribution in [0.5, 0.6) is 11.9 Å². The number of aromatic nitrogens is 4. The summed E-state index contributed by atoms with van der Waals surface area (Å²) in [6.07, 6.45) is 1.54. The summed E-state index contributed by atoms with van der Waals surface area (Å²) in [5.74, 6) is -0.142. The lowest BCUT2D eigenvalue weighted by Gasteiger charge is -2.35. The lowest BCUT2D eigenvalue weighted by Crippen LogP contribution is -2.51. The highest BCUT2D eigenvalue weighted by Gasteiger charge is 2.64. The molecule has 1 atom stereocenters. The number of benzene rings is 2. The van der Waals surface area contributed by atoms with Crippen LogP contribution in [0.15, 0.2) is 48.7 Å². The van der Waals surface area contributed by atoms with Gasteiger partial charge in [-0.2, -0.15) is 4.98 Å². The van der Waals surface area contributed by atoms with Crippen molar-refractivity contribution in [1.82, 2.24) is 19.5 Å². The van der Waals surface area contributed by atoms with E-state index in [1.165, 1.54) is 19.1 Å². The average Bonchev–Trinajstić information content (AvgIpc) is 3.52. The van der Waals surface area contributed by atoms with Crippen molar-refractivity contribution in [3.8, 4) is 23.3 Å². The van der Waals surface area contributed by atoms with Gasteiger partial charge >= 0.3 is 6.01 Å². The Hall–Kier alpha value is -4.44. The molecular weight excluding hydrogens is 520 g/mol. The van der Waals surface area contributed by atoms with Crippen LogP contribution >= 0.6 is 11.6 Å². The minimum Gasteiger partial charge on any atom is -0.480 e. The maximum absolute atomic E-state index is 14.3. The van der Waals surface area contributed by atoms with Crippen molar-refractivity contribution < 1.29 is 19.1 Å². The fraction of sp³-hybridized carbons (Fsp3) is 0.250. The topological polar surface area (TPSA) is 111 Å². The van der Waals surface area contributed by atoms with E-state index in [-0.39, 0.29) is 29.5 Å². The summed E-state index contributed by atoms with van der Waals surface area (Å²) in [6.45, 7) is 5.86. The fourth-order valence-electron chi connectivity index (χ4n) is 5.55. The molecule has 0 bridgehead atoms. The summed E-state index contributed by atoms with van der Waals surface area (Å²) in [5, 5.41) is 3.44. The van der Waals surface area contributed by atoms with Gasteiger partial charge in [0.1, 0.15) is 5.82 Å². The highest BCUT2D eigenvalue weighted by Crippen LogP contribution is 2.54. The van der Waals surface area contributed by atoms with Crippen LogP contribution in [-0.2, 0) is 10.3 Å². The van der Waals surface area contributed by atoms with Gasteiger partial charge in [0.05, 0.1) is 25.5 Å². The van der Waals surface area contributed by atoms with Gasteiger partial charge in [-0.25, -0.2) is 9.97 Å². The van der Waals surface area contributed by atoms with E-state index in [2.05, 4.69) is 15.3 Å². The number of hydrogen-bond donors (Lipinski definition) is 1. The lowest BCUT2D eigenvalue weighted by atomic mass is 9.87. The van der Waals surface area contributed by atoms with Gasteiger partial charge in [-0.05, 0) is 50.6 Å². The number of anilines is 2. The van der Waals surface area contributed by atoms with E-state index in [0.717, 1.165) is 5.56 Å².